The first-order valence-electron chi connectivity index (χ1n) is 7.58. The Kier molecular flexibility index (Phi) is 5.16. The van der Waals surface area contributed by atoms with Crippen LogP contribution in [0.3, 0.4) is 0 Å². The van der Waals surface area contributed by atoms with E-state index in [9.17, 15) is 9.90 Å². The fraction of sp³-hybridized carbons (Fsp3) is 0.167. The van der Waals surface area contributed by atoms with Crippen LogP contribution in [0.4, 0.5) is 5.69 Å². The summed E-state index contributed by atoms with van der Waals surface area (Å²) in [7, 11) is 0. The van der Waals surface area contributed by atoms with Crippen molar-refractivity contribution >= 4 is 45.4 Å². The molecule has 124 valence electrons. The summed E-state index contributed by atoms with van der Waals surface area (Å²) in [5.74, 6) is -0.00674. The lowest BCUT2D eigenvalue weighted by Crippen LogP contribution is -2.30. The van der Waals surface area contributed by atoms with Gasteiger partial charge in [-0.3, -0.25) is 4.79 Å². The average molecular weight is 405 g/mol. The summed E-state index contributed by atoms with van der Waals surface area (Å²) < 4.78 is 0.848. The molecule has 1 saturated heterocycles. The number of carbonyl (C=O) groups is 1. The van der Waals surface area contributed by atoms with E-state index in [0.717, 1.165) is 16.6 Å². The maximum Gasteiger partial charge on any atom is 0.260 e. The standard InChI is InChI=1S/C18H17BrN2O2S/c1-2-11-3-6-14(7-4-11)20-18-21-17(23)16(24-18)10-12-9-13(19)5-8-15(12)22/h3-10,18,20,22H,2H2,1H3,(H,21,23)/b16-10-/t18-/m1/s1. The number of phenols is 1. The zero-order valence-electron chi connectivity index (χ0n) is 13.0. The number of aryl methyl sites for hydroxylation is 1. The summed E-state index contributed by atoms with van der Waals surface area (Å²) in [6.07, 6.45) is 2.69. The van der Waals surface area contributed by atoms with Crippen LogP contribution in [0.2, 0.25) is 0 Å². The lowest BCUT2D eigenvalue weighted by molar-refractivity contribution is -0.116. The minimum Gasteiger partial charge on any atom is -0.507 e. The van der Waals surface area contributed by atoms with Crippen LogP contribution in [0.1, 0.15) is 18.1 Å². The molecule has 0 aliphatic carbocycles. The van der Waals surface area contributed by atoms with Crippen molar-refractivity contribution in [3.05, 3.63) is 63.0 Å². The summed E-state index contributed by atoms with van der Waals surface area (Å²) >= 11 is 4.76. The second-order valence-corrected chi connectivity index (χ2v) is 7.44. The largest absolute Gasteiger partial charge is 0.507 e. The Balaban J connectivity index is 1.73. The molecule has 0 bridgehead atoms. The van der Waals surface area contributed by atoms with Crippen LogP contribution < -0.4 is 10.6 Å². The van der Waals surface area contributed by atoms with Crippen molar-refractivity contribution in [3.63, 3.8) is 0 Å². The normalized spacial score (nSPS) is 18.7. The molecule has 1 amide bonds. The first-order chi connectivity index (χ1) is 11.5. The highest BCUT2D eigenvalue weighted by atomic mass is 79.9. The molecule has 2 aromatic rings. The van der Waals surface area contributed by atoms with Crippen molar-refractivity contribution in [1.29, 1.82) is 0 Å². The SMILES string of the molecule is CCc1ccc(N[C@@H]2NC(=O)/C(=C/c3cc(Br)ccc3O)S2)cc1. The monoisotopic (exact) mass is 404 g/mol. The molecule has 3 rings (SSSR count). The molecule has 1 heterocycles. The minimum absolute atomic E-state index is 0.144. The fourth-order valence-corrected chi connectivity index (χ4v) is 3.69. The van der Waals surface area contributed by atoms with E-state index in [-0.39, 0.29) is 17.2 Å². The fourth-order valence-electron chi connectivity index (χ4n) is 2.34. The third kappa shape index (κ3) is 3.94. The molecular weight excluding hydrogens is 388 g/mol. The van der Waals surface area contributed by atoms with Crippen molar-refractivity contribution in [3.8, 4) is 5.75 Å². The number of halogens is 1. The summed E-state index contributed by atoms with van der Waals surface area (Å²) in [5.41, 5.74) is 2.60. The van der Waals surface area contributed by atoms with Crippen molar-refractivity contribution in [2.24, 2.45) is 0 Å². The second-order valence-electron chi connectivity index (χ2n) is 5.38. The summed E-state index contributed by atoms with van der Waals surface area (Å²) in [5, 5.41) is 16.1. The number of carbonyl (C=O) groups excluding carboxylic acids is 1. The van der Waals surface area contributed by atoms with Crippen LogP contribution in [-0.4, -0.2) is 16.5 Å². The van der Waals surface area contributed by atoms with Crippen LogP contribution in [0.25, 0.3) is 6.08 Å². The molecule has 0 aromatic heterocycles. The lowest BCUT2D eigenvalue weighted by atomic mass is 10.1. The summed E-state index contributed by atoms with van der Waals surface area (Å²) in [6.45, 7) is 2.11. The predicted octanol–water partition coefficient (Wildman–Crippen LogP) is 4.32. The highest BCUT2D eigenvalue weighted by Crippen LogP contribution is 2.33. The van der Waals surface area contributed by atoms with Gasteiger partial charge in [-0.25, -0.2) is 0 Å². The van der Waals surface area contributed by atoms with Gasteiger partial charge in [0.15, 0.2) is 5.50 Å². The number of aromatic hydroxyl groups is 1. The number of anilines is 1. The van der Waals surface area contributed by atoms with Gasteiger partial charge in [-0.1, -0.05) is 46.7 Å². The van der Waals surface area contributed by atoms with E-state index in [1.165, 1.54) is 17.3 Å². The smallest absolute Gasteiger partial charge is 0.260 e. The van der Waals surface area contributed by atoms with Gasteiger partial charge < -0.3 is 15.7 Å². The lowest BCUT2D eigenvalue weighted by Gasteiger charge is -2.12. The Morgan fingerprint density at radius 3 is 2.75 bits per heavy atom. The van der Waals surface area contributed by atoms with Gasteiger partial charge in [0.25, 0.3) is 5.91 Å². The Bertz CT molecular complexity index is 790. The molecule has 1 atom stereocenters. The van der Waals surface area contributed by atoms with E-state index < -0.39 is 0 Å². The Hall–Kier alpha value is -1.92. The molecule has 0 radical (unpaired) electrons. The predicted molar refractivity (Wildman–Crippen MR) is 103 cm³/mol. The molecule has 6 heteroatoms. The first kappa shape index (κ1) is 16.9. The van der Waals surface area contributed by atoms with E-state index in [1.807, 2.05) is 12.1 Å². The quantitative estimate of drug-likeness (QED) is 0.664. The van der Waals surface area contributed by atoms with Crippen LogP contribution in [-0.2, 0) is 11.2 Å². The van der Waals surface area contributed by atoms with Crippen LogP contribution in [0.15, 0.2) is 51.8 Å². The molecule has 0 unspecified atom stereocenters. The summed E-state index contributed by atoms with van der Waals surface area (Å²) in [4.78, 5) is 12.7. The molecule has 1 fully saturated rings. The minimum atomic E-state index is -0.231. The number of phenolic OH excluding ortho intramolecular Hbond substituents is 1. The molecule has 1 aliphatic heterocycles. The number of hydrogen-bond donors (Lipinski definition) is 3. The van der Waals surface area contributed by atoms with Gasteiger partial charge in [0, 0.05) is 15.7 Å². The molecule has 0 spiro atoms. The molecule has 1 aliphatic rings. The van der Waals surface area contributed by atoms with Crippen molar-refractivity contribution in [2.45, 2.75) is 18.8 Å². The van der Waals surface area contributed by atoms with Crippen LogP contribution >= 0.6 is 27.7 Å². The van der Waals surface area contributed by atoms with Gasteiger partial charge in [0.2, 0.25) is 0 Å². The van der Waals surface area contributed by atoms with Crippen molar-refractivity contribution < 1.29 is 9.90 Å². The molecule has 2 aromatic carbocycles. The van der Waals surface area contributed by atoms with Crippen molar-refractivity contribution in [1.82, 2.24) is 5.32 Å². The first-order valence-corrected chi connectivity index (χ1v) is 9.25. The van der Waals surface area contributed by atoms with Gasteiger partial charge in [0.05, 0.1) is 4.91 Å². The maximum atomic E-state index is 12.1. The number of hydrogen-bond acceptors (Lipinski definition) is 4. The topological polar surface area (TPSA) is 61.4 Å². The molecule has 4 nitrogen and oxygen atoms in total. The Morgan fingerprint density at radius 1 is 1.29 bits per heavy atom. The number of thioether (sulfide) groups is 1. The summed E-state index contributed by atoms with van der Waals surface area (Å²) in [6, 6.07) is 13.3. The maximum absolute atomic E-state index is 12.1. The van der Waals surface area contributed by atoms with Crippen LogP contribution in [0, 0.1) is 0 Å². The van der Waals surface area contributed by atoms with E-state index in [0.29, 0.717) is 10.5 Å². The third-order valence-electron chi connectivity index (χ3n) is 3.67. The van der Waals surface area contributed by atoms with Gasteiger partial charge >= 0.3 is 0 Å². The zero-order valence-corrected chi connectivity index (χ0v) is 15.4. The van der Waals surface area contributed by atoms with Crippen LogP contribution in [0.5, 0.6) is 5.75 Å². The number of amides is 1. The van der Waals surface area contributed by atoms with E-state index in [4.69, 9.17) is 0 Å². The Morgan fingerprint density at radius 2 is 2.04 bits per heavy atom. The van der Waals surface area contributed by atoms with Gasteiger partial charge in [-0.15, -0.1) is 0 Å². The molecule has 24 heavy (non-hydrogen) atoms. The van der Waals surface area contributed by atoms with Crippen molar-refractivity contribution in [2.75, 3.05) is 5.32 Å². The average Bonchev–Trinajstić information content (AvgIpc) is 2.91. The van der Waals surface area contributed by atoms with E-state index in [2.05, 4.69) is 45.6 Å². The molecular formula is C18H17BrN2O2S. The number of rotatable bonds is 4. The van der Waals surface area contributed by atoms with Gasteiger partial charge in [-0.05, 0) is 48.4 Å². The van der Waals surface area contributed by atoms with E-state index in [1.54, 1.807) is 24.3 Å². The Labute approximate surface area is 153 Å². The molecule has 3 N–H and O–H groups in total. The van der Waals surface area contributed by atoms with Gasteiger partial charge in [-0.2, -0.15) is 0 Å². The number of nitrogens with one attached hydrogen (secondary N) is 2. The highest BCUT2D eigenvalue weighted by Gasteiger charge is 2.27. The zero-order chi connectivity index (χ0) is 17.1. The van der Waals surface area contributed by atoms with E-state index >= 15 is 0 Å². The third-order valence-corrected chi connectivity index (χ3v) is 5.19. The van der Waals surface area contributed by atoms with Gasteiger partial charge in [0.1, 0.15) is 5.75 Å². The highest BCUT2D eigenvalue weighted by molar-refractivity contribution is 9.10. The second kappa shape index (κ2) is 7.32. The molecule has 0 saturated carbocycles. The number of benzene rings is 2.